The van der Waals surface area contributed by atoms with E-state index < -0.39 is 23.3 Å². The predicted molar refractivity (Wildman–Crippen MR) is 65.8 cm³/mol. The topological polar surface area (TPSA) is 122 Å². The molecule has 0 aromatic heterocycles. The summed E-state index contributed by atoms with van der Waals surface area (Å²) in [5, 5.41) is 13.9. The second-order valence-electron chi connectivity index (χ2n) is 4.91. The van der Waals surface area contributed by atoms with Crippen LogP contribution >= 0.6 is 0 Å². The zero-order valence-corrected chi connectivity index (χ0v) is 10.9. The molecule has 0 aromatic carbocycles. The first-order chi connectivity index (χ1) is 8.15. The van der Waals surface area contributed by atoms with Crippen molar-refractivity contribution >= 4 is 17.9 Å². The number of hydrogen-bond donors (Lipinski definition) is 4. The van der Waals surface area contributed by atoms with Gasteiger partial charge in [0.15, 0.2) is 0 Å². The van der Waals surface area contributed by atoms with Crippen LogP contribution in [0.3, 0.4) is 0 Å². The third kappa shape index (κ3) is 6.72. The summed E-state index contributed by atoms with van der Waals surface area (Å²) in [6.07, 6.45) is 0.383. The molecule has 0 saturated heterocycles. The number of primary amides is 1. The predicted octanol–water partition coefficient (Wildman–Crippen LogP) is 0.0504. The third-order valence-corrected chi connectivity index (χ3v) is 2.50. The van der Waals surface area contributed by atoms with Crippen LogP contribution in [0.15, 0.2) is 0 Å². The monoisotopic (exact) mass is 259 g/mol. The Hall–Kier alpha value is -1.79. The quantitative estimate of drug-likeness (QED) is 0.516. The molecule has 5 N–H and O–H groups in total. The van der Waals surface area contributed by atoms with Crippen molar-refractivity contribution in [2.24, 2.45) is 11.1 Å². The molecule has 0 aliphatic heterocycles. The fourth-order valence-electron chi connectivity index (χ4n) is 1.22. The van der Waals surface area contributed by atoms with Gasteiger partial charge in [-0.05, 0) is 27.2 Å². The van der Waals surface area contributed by atoms with Gasteiger partial charge in [0.05, 0.1) is 5.41 Å². The number of urea groups is 1. The molecule has 3 amide bonds. The molecule has 1 unspecified atom stereocenters. The number of amides is 3. The number of aliphatic carboxylic acids is 1. The van der Waals surface area contributed by atoms with E-state index in [0.717, 1.165) is 0 Å². The van der Waals surface area contributed by atoms with Crippen molar-refractivity contribution in [2.75, 3.05) is 6.54 Å². The molecule has 7 heteroatoms. The summed E-state index contributed by atoms with van der Waals surface area (Å²) in [5.41, 5.74) is 4.10. The van der Waals surface area contributed by atoms with Gasteiger partial charge in [-0.1, -0.05) is 0 Å². The number of nitrogens with two attached hydrogens (primary N) is 1. The van der Waals surface area contributed by atoms with Crippen molar-refractivity contribution < 1.29 is 19.5 Å². The van der Waals surface area contributed by atoms with Gasteiger partial charge >= 0.3 is 12.0 Å². The highest BCUT2D eigenvalue weighted by molar-refractivity contribution is 5.77. The number of carbonyl (C=O) groups excluding carboxylic acids is 2. The van der Waals surface area contributed by atoms with Crippen molar-refractivity contribution in [3.63, 3.8) is 0 Å². The smallest absolute Gasteiger partial charge is 0.315 e. The lowest BCUT2D eigenvalue weighted by atomic mass is 9.90. The van der Waals surface area contributed by atoms with Gasteiger partial charge < -0.3 is 21.5 Å². The van der Waals surface area contributed by atoms with Gasteiger partial charge in [-0.2, -0.15) is 0 Å². The zero-order chi connectivity index (χ0) is 14.3. The van der Waals surface area contributed by atoms with Gasteiger partial charge in [0.1, 0.15) is 0 Å². The minimum absolute atomic E-state index is 0.0635. The van der Waals surface area contributed by atoms with E-state index in [1.807, 2.05) is 0 Å². The first-order valence-corrected chi connectivity index (χ1v) is 5.71. The summed E-state index contributed by atoms with van der Waals surface area (Å²) >= 11 is 0. The summed E-state index contributed by atoms with van der Waals surface area (Å²) in [6, 6.07) is -0.792. The van der Waals surface area contributed by atoms with Crippen LogP contribution in [-0.2, 0) is 9.59 Å². The van der Waals surface area contributed by atoms with Crippen LogP contribution in [0.4, 0.5) is 4.79 Å². The average Bonchev–Trinajstić information content (AvgIpc) is 2.14. The first-order valence-electron chi connectivity index (χ1n) is 5.71. The molecule has 0 spiro atoms. The van der Waals surface area contributed by atoms with E-state index in [1.165, 1.54) is 0 Å². The van der Waals surface area contributed by atoms with Crippen LogP contribution in [-0.4, -0.2) is 35.6 Å². The summed E-state index contributed by atoms with van der Waals surface area (Å²) < 4.78 is 0. The van der Waals surface area contributed by atoms with Crippen molar-refractivity contribution in [1.29, 1.82) is 0 Å². The van der Waals surface area contributed by atoms with Gasteiger partial charge in [-0.25, -0.2) is 4.79 Å². The van der Waals surface area contributed by atoms with Crippen molar-refractivity contribution in [2.45, 2.75) is 39.7 Å². The van der Waals surface area contributed by atoms with E-state index in [-0.39, 0.29) is 19.0 Å². The summed E-state index contributed by atoms with van der Waals surface area (Å²) in [7, 11) is 0. The Bertz CT molecular complexity index is 328. The molecule has 0 aromatic rings. The summed E-state index contributed by atoms with van der Waals surface area (Å²) in [6.45, 7) is 5.08. The summed E-state index contributed by atoms with van der Waals surface area (Å²) in [5.74, 6) is -1.40. The van der Waals surface area contributed by atoms with Gasteiger partial charge in [-0.15, -0.1) is 0 Å². The van der Waals surface area contributed by atoms with Crippen LogP contribution in [0.2, 0.25) is 0 Å². The van der Waals surface area contributed by atoms with Crippen molar-refractivity contribution in [1.82, 2.24) is 10.6 Å². The lowest BCUT2D eigenvalue weighted by Crippen LogP contribution is -2.43. The number of rotatable bonds is 7. The standard InChI is InChI=1S/C11H21N3O4/c1-7(6-8(12)15)14-10(18)13-5-4-11(2,3)9(16)17/h7H,4-6H2,1-3H3,(H2,12,15)(H,16,17)(H2,13,14,18). The Morgan fingerprint density at radius 3 is 2.33 bits per heavy atom. The molecular formula is C11H21N3O4. The lowest BCUT2D eigenvalue weighted by Gasteiger charge is -2.19. The van der Waals surface area contributed by atoms with Gasteiger partial charge in [0, 0.05) is 19.0 Å². The van der Waals surface area contributed by atoms with E-state index >= 15 is 0 Å². The van der Waals surface area contributed by atoms with E-state index in [2.05, 4.69) is 10.6 Å². The van der Waals surface area contributed by atoms with Crippen LogP contribution in [0.5, 0.6) is 0 Å². The zero-order valence-electron chi connectivity index (χ0n) is 10.9. The number of carboxylic acids is 1. The highest BCUT2D eigenvalue weighted by atomic mass is 16.4. The van der Waals surface area contributed by atoms with Gasteiger partial charge in [0.2, 0.25) is 5.91 Å². The Morgan fingerprint density at radius 2 is 1.89 bits per heavy atom. The molecule has 0 radical (unpaired) electrons. The van der Waals surface area contributed by atoms with E-state index in [0.29, 0.717) is 6.42 Å². The molecule has 7 nitrogen and oxygen atoms in total. The molecule has 0 saturated carbocycles. The molecule has 0 heterocycles. The van der Waals surface area contributed by atoms with Crippen LogP contribution in [0.1, 0.15) is 33.6 Å². The maximum atomic E-state index is 11.4. The maximum Gasteiger partial charge on any atom is 0.315 e. The molecule has 1 atom stereocenters. The number of hydrogen-bond acceptors (Lipinski definition) is 3. The Labute approximate surface area is 106 Å². The van der Waals surface area contributed by atoms with Crippen molar-refractivity contribution in [3.8, 4) is 0 Å². The van der Waals surface area contributed by atoms with Gasteiger partial charge in [0.25, 0.3) is 0 Å². The lowest BCUT2D eigenvalue weighted by molar-refractivity contribution is -0.147. The molecule has 104 valence electrons. The number of carboxylic acid groups (broad SMARTS) is 1. The Balaban J connectivity index is 3.91. The largest absolute Gasteiger partial charge is 0.481 e. The van der Waals surface area contributed by atoms with Crippen LogP contribution < -0.4 is 16.4 Å². The number of nitrogens with one attached hydrogen (secondary N) is 2. The Morgan fingerprint density at radius 1 is 1.33 bits per heavy atom. The SMILES string of the molecule is CC(CC(N)=O)NC(=O)NCCC(C)(C)C(=O)O. The van der Waals surface area contributed by atoms with Crippen LogP contribution in [0.25, 0.3) is 0 Å². The maximum absolute atomic E-state index is 11.4. The fourth-order valence-corrected chi connectivity index (χ4v) is 1.22. The number of carbonyl (C=O) groups is 3. The van der Waals surface area contributed by atoms with Crippen LogP contribution in [0, 0.1) is 5.41 Å². The normalized spacial score (nSPS) is 12.6. The summed E-state index contributed by atoms with van der Waals surface area (Å²) in [4.78, 5) is 32.8. The molecule has 18 heavy (non-hydrogen) atoms. The third-order valence-electron chi connectivity index (χ3n) is 2.50. The highest BCUT2D eigenvalue weighted by Gasteiger charge is 2.26. The molecule has 0 rings (SSSR count). The minimum Gasteiger partial charge on any atom is -0.481 e. The molecule has 0 aliphatic carbocycles. The Kier molecular flexibility index (Phi) is 6.15. The minimum atomic E-state index is -0.910. The first kappa shape index (κ1) is 16.2. The second-order valence-corrected chi connectivity index (χ2v) is 4.91. The average molecular weight is 259 g/mol. The van der Waals surface area contributed by atoms with E-state index in [1.54, 1.807) is 20.8 Å². The van der Waals surface area contributed by atoms with E-state index in [9.17, 15) is 14.4 Å². The second kappa shape index (κ2) is 6.83. The molecular weight excluding hydrogens is 238 g/mol. The molecule has 0 fully saturated rings. The molecule has 0 aliphatic rings. The fraction of sp³-hybridized carbons (Fsp3) is 0.727. The highest BCUT2D eigenvalue weighted by Crippen LogP contribution is 2.19. The van der Waals surface area contributed by atoms with Gasteiger partial charge in [-0.3, -0.25) is 9.59 Å². The molecule has 0 bridgehead atoms. The van der Waals surface area contributed by atoms with E-state index in [4.69, 9.17) is 10.8 Å². The van der Waals surface area contributed by atoms with Crippen molar-refractivity contribution in [3.05, 3.63) is 0 Å².